The third-order valence-corrected chi connectivity index (χ3v) is 4.58. The molecule has 0 radical (unpaired) electrons. The summed E-state index contributed by atoms with van der Waals surface area (Å²) >= 11 is 0. The number of carbonyl (C=O) groups excluding carboxylic acids is 1. The summed E-state index contributed by atoms with van der Waals surface area (Å²) in [5.74, 6) is 1.21. The number of amides is 1. The van der Waals surface area contributed by atoms with Crippen molar-refractivity contribution in [2.24, 2.45) is 0 Å². The van der Waals surface area contributed by atoms with Crippen LogP contribution in [0.1, 0.15) is 46.1 Å². The molecule has 1 amide bonds. The van der Waals surface area contributed by atoms with E-state index in [1.165, 1.54) is 14.2 Å². The van der Waals surface area contributed by atoms with E-state index in [4.69, 9.17) is 14.2 Å². The molecule has 2 aromatic rings. The third kappa shape index (κ3) is 4.53. The molecule has 148 valence electrons. The maximum absolute atomic E-state index is 13.0. The molecule has 1 aromatic carbocycles. The molecule has 2 rings (SSSR count). The van der Waals surface area contributed by atoms with Gasteiger partial charge in [-0.1, -0.05) is 20.3 Å². The zero-order valence-electron chi connectivity index (χ0n) is 16.6. The van der Waals surface area contributed by atoms with Gasteiger partial charge in [0.25, 0.3) is 5.56 Å². The molecule has 0 saturated carbocycles. The number of pyridine rings is 1. The zero-order chi connectivity index (χ0) is 20.0. The Bertz CT molecular complexity index is 860. The van der Waals surface area contributed by atoms with Crippen LogP contribution >= 0.6 is 0 Å². The number of nitrogens with one attached hydrogen (secondary N) is 1. The van der Waals surface area contributed by atoms with E-state index in [-0.39, 0.29) is 11.6 Å². The number of hydrogen-bond acceptors (Lipinski definition) is 5. The van der Waals surface area contributed by atoms with Gasteiger partial charge in [0, 0.05) is 18.0 Å². The van der Waals surface area contributed by atoms with E-state index in [1.54, 1.807) is 22.9 Å². The van der Waals surface area contributed by atoms with Crippen molar-refractivity contribution in [2.75, 3.05) is 20.8 Å². The number of methoxy groups -OCH3 is 2. The van der Waals surface area contributed by atoms with Crippen LogP contribution in [-0.2, 0) is 0 Å². The summed E-state index contributed by atoms with van der Waals surface area (Å²) in [6, 6.07) is 3.24. The Morgan fingerprint density at radius 2 is 1.74 bits per heavy atom. The van der Waals surface area contributed by atoms with E-state index in [2.05, 4.69) is 5.32 Å². The molecule has 1 N–H and O–H groups in total. The molecular formula is C20H28N2O5. The fourth-order valence-corrected chi connectivity index (χ4v) is 2.76. The lowest BCUT2D eigenvalue weighted by Gasteiger charge is -2.18. The van der Waals surface area contributed by atoms with Gasteiger partial charge in [0.15, 0.2) is 17.2 Å². The van der Waals surface area contributed by atoms with Crippen LogP contribution in [0.25, 0.3) is 10.8 Å². The van der Waals surface area contributed by atoms with Crippen LogP contribution in [-0.4, -0.2) is 31.4 Å². The lowest BCUT2D eigenvalue weighted by atomic mass is 10.1. The molecule has 0 saturated heterocycles. The van der Waals surface area contributed by atoms with E-state index in [9.17, 15) is 9.59 Å². The standard InChI is InChI=1S/C20H28N2O5/c1-6-8-9-21-20(24)27-18-12-22(13(3)7-2)19(23)15-11-17(26-5)16(25-4)10-14(15)18/h10-13H,6-9H2,1-5H3,(H,21,24). The lowest BCUT2D eigenvalue weighted by Crippen LogP contribution is -2.29. The molecule has 0 aliphatic rings. The highest BCUT2D eigenvalue weighted by Gasteiger charge is 2.18. The highest BCUT2D eigenvalue weighted by molar-refractivity contribution is 5.92. The summed E-state index contributed by atoms with van der Waals surface area (Å²) in [5, 5.41) is 3.63. The van der Waals surface area contributed by atoms with Crippen molar-refractivity contribution in [2.45, 2.75) is 46.1 Å². The second kappa shape index (κ2) is 9.30. The van der Waals surface area contributed by atoms with Crippen molar-refractivity contribution in [3.63, 3.8) is 0 Å². The summed E-state index contributed by atoms with van der Waals surface area (Å²) < 4.78 is 17.8. The van der Waals surface area contributed by atoms with Crippen LogP contribution in [0, 0.1) is 0 Å². The summed E-state index contributed by atoms with van der Waals surface area (Å²) in [6.45, 7) is 6.52. The van der Waals surface area contributed by atoms with Gasteiger partial charge in [-0.25, -0.2) is 4.79 Å². The molecule has 0 bridgehead atoms. The Kier molecular flexibility index (Phi) is 7.10. The van der Waals surface area contributed by atoms with Crippen LogP contribution in [0.2, 0.25) is 0 Å². The number of ether oxygens (including phenoxy) is 3. The molecule has 0 spiro atoms. The number of fused-ring (bicyclic) bond motifs is 1. The third-order valence-electron chi connectivity index (χ3n) is 4.58. The fourth-order valence-electron chi connectivity index (χ4n) is 2.76. The maximum atomic E-state index is 13.0. The number of unbranched alkanes of at least 4 members (excludes halogenated alkanes) is 1. The van der Waals surface area contributed by atoms with Crippen LogP contribution in [0.5, 0.6) is 17.2 Å². The summed E-state index contributed by atoms with van der Waals surface area (Å²) in [6.07, 6.45) is 3.64. The predicted molar refractivity (Wildman–Crippen MR) is 105 cm³/mol. The number of benzene rings is 1. The van der Waals surface area contributed by atoms with Crippen molar-refractivity contribution in [3.05, 3.63) is 28.7 Å². The maximum Gasteiger partial charge on any atom is 0.412 e. The van der Waals surface area contributed by atoms with Crippen molar-refractivity contribution in [1.29, 1.82) is 0 Å². The molecule has 1 heterocycles. The quantitative estimate of drug-likeness (QED) is 0.708. The first-order valence-electron chi connectivity index (χ1n) is 9.23. The summed E-state index contributed by atoms with van der Waals surface area (Å²) in [7, 11) is 3.03. The van der Waals surface area contributed by atoms with Gasteiger partial charge in [0.05, 0.1) is 25.8 Å². The van der Waals surface area contributed by atoms with Crippen molar-refractivity contribution >= 4 is 16.9 Å². The highest BCUT2D eigenvalue weighted by Crippen LogP contribution is 2.35. The Balaban J connectivity index is 2.60. The van der Waals surface area contributed by atoms with Gasteiger partial charge in [0.1, 0.15) is 0 Å². The molecule has 0 aliphatic heterocycles. The number of nitrogens with zero attached hydrogens (tertiary/aromatic N) is 1. The van der Waals surface area contributed by atoms with Gasteiger partial charge in [0.2, 0.25) is 0 Å². The monoisotopic (exact) mass is 376 g/mol. The van der Waals surface area contributed by atoms with Crippen LogP contribution in [0.4, 0.5) is 4.79 Å². The second-order valence-corrected chi connectivity index (χ2v) is 6.39. The Labute approximate surface area is 159 Å². The van der Waals surface area contributed by atoms with Gasteiger partial charge in [-0.3, -0.25) is 4.79 Å². The minimum Gasteiger partial charge on any atom is -0.493 e. The first kappa shape index (κ1) is 20.6. The van der Waals surface area contributed by atoms with Crippen LogP contribution in [0.3, 0.4) is 0 Å². The van der Waals surface area contributed by atoms with Crippen LogP contribution in [0.15, 0.2) is 23.1 Å². The first-order valence-corrected chi connectivity index (χ1v) is 9.23. The minimum absolute atomic E-state index is 0.0412. The predicted octanol–water partition coefficient (Wildman–Crippen LogP) is 3.88. The molecule has 1 unspecified atom stereocenters. The largest absolute Gasteiger partial charge is 0.493 e. The second-order valence-electron chi connectivity index (χ2n) is 6.39. The topological polar surface area (TPSA) is 78.8 Å². The van der Waals surface area contributed by atoms with Gasteiger partial charge in [-0.05, 0) is 31.9 Å². The molecule has 27 heavy (non-hydrogen) atoms. The van der Waals surface area contributed by atoms with E-state index < -0.39 is 6.09 Å². The fraction of sp³-hybridized carbons (Fsp3) is 0.500. The Morgan fingerprint density at radius 3 is 2.30 bits per heavy atom. The molecule has 0 aliphatic carbocycles. The molecule has 0 fully saturated rings. The van der Waals surface area contributed by atoms with E-state index in [1.807, 2.05) is 20.8 Å². The van der Waals surface area contributed by atoms with Gasteiger partial charge >= 0.3 is 6.09 Å². The average molecular weight is 376 g/mol. The number of hydrogen-bond donors (Lipinski definition) is 1. The average Bonchev–Trinajstić information content (AvgIpc) is 2.68. The Morgan fingerprint density at radius 1 is 1.11 bits per heavy atom. The molecule has 1 atom stereocenters. The smallest absolute Gasteiger partial charge is 0.412 e. The van der Waals surface area contributed by atoms with Crippen LogP contribution < -0.4 is 25.1 Å². The van der Waals surface area contributed by atoms with E-state index in [0.29, 0.717) is 34.6 Å². The van der Waals surface area contributed by atoms with Crippen molar-refractivity contribution in [1.82, 2.24) is 9.88 Å². The van der Waals surface area contributed by atoms with Crippen molar-refractivity contribution < 1.29 is 19.0 Å². The first-order chi connectivity index (χ1) is 13.0. The molecular weight excluding hydrogens is 348 g/mol. The molecule has 7 heteroatoms. The van der Waals surface area contributed by atoms with Crippen molar-refractivity contribution in [3.8, 4) is 17.2 Å². The Hall–Kier alpha value is -2.70. The SMILES string of the molecule is CCCCNC(=O)Oc1cn(C(C)CC)c(=O)c2cc(OC)c(OC)cc12. The van der Waals surface area contributed by atoms with Gasteiger partial charge in [-0.2, -0.15) is 0 Å². The number of rotatable bonds is 8. The van der Waals surface area contributed by atoms with Gasteiger partial charge in [-0.15, -0.1) is 0 Å². The molecule has 1 aromatic heterocycles. The lowest BCUT2D eigenvalue weighted by molar-refractivity contribution is 0.200. The van der Waals surface area contributed by atoms with Gasteiger partial charge < -0.3 is 24.1 Å². The van der Waals surface area contributed by atoms with E-state index in [0.717, 1.165) is 19.3 Å². The normalized spacial score (nSPS) is 11.9. The molecule has 7 nitrogen and oxygen atoms in total. The van der Waals surface area contributed by atoms with E-state index >= 15 is 0 Å². The number of aromatic nitrogens is 1. The zero-order valence-corrected chi connectivity index (χ0v) is 16.6. The number of carbonyl (C=O) groups is 1. The minimum atomic E-state index is -0.547. The summed E-state index contributed by atoms with van der Waals surface area (Å²) in [4.78, 5) is 25.1. The summed E-state index contributed by atoms with van der Waals surface area (Å²) in [5.41, 5.74) is -0.168. The highest BCUT2D eigenvalue weighted by atomic mass is 16.6.